The summed E-state index contributed by atoms with van der Waals surface area (Å²) in [5.74, 6) is 0. The average molecular weight is 251 g/mol. The van der Waals surface area contributed by atoms with Crippen molar-refractivity contribution in [3.63, 3.8) is 0 Å². The Balaban J connectivity index is 2.34. The third-order valence-corrected chi connectivity index (χ3v) is 2.79. The molecule has 2 nitrogen and oxygen atoms in total. The molecule has 3 rings (SSSR count). The predicted octanol–water partition coefficient (Wildman–Crippen LogP) is 4.31. The minimum atomic E-state index is -4.41. The minimum absolute atomic E-state index is 0.158. The molecule has 0 aliphatic heterocycles. The number of nitrogens with zero attached hydrogens (tertiary/aromatic N) is 1. The van der Waals surface area contributed by atoms with Crippen LogP contribution in [0.25, 0.3) is 22.1 Å². The number of rotatable bonds is 0. The van der Waals surface area contributed by atoms with Crippen LogP contribution in [0, 0.1) is 6.92 Å². The maximum atomic E-state index is 12.6. The molecular formula is C13H8F3NO. The van der Waals surface area contributed by atoms with Gasteiger partial charge in [0.25, 0.3) is 0 Å². The lowest BCUT2D eigenvalue weighted by Gasteiger charge is -2.04. The summed E-state index contributed by atoms with van der Waals surface area (Å²) in [6.07, 6.45) is -3.57. The van der Waals surface area contributed by atoms with E-state index in [1.54, 1.807) is 6.07 Å². The second-order valence-corrected chi connectivity index (χ2v) is 4.17. The van der Waals surface area contributed by atoms with Crippen molar-refractivity contribution in [2.75, 3.05) is 0 Å². The second kappa shape index (κ2) is 3.48. The Kier molecular flexibility index (Phi) is 2.14. The zero-order chi connectivity index (χ0) is 12.9. The van der Waals surface area contributed by atoms with Crippen LogP contribution in [-0.2, 0) is 6.18 Å². The van der Waals surface area contributed by atoms with E-state index in [4.69, 9.17) is 4.42 Å². The number of hydrogen-bond acceptors (Lipinski definition) is 2. The highest BCUT2D eigenvalue weighted by Gasteiger charge is 2.31. The molecule has 92 valence electrons. The highest BCUT2D eigenvalue weighted by Crippen LogP contribution is 2.33. The van der Waals surface area contributed by atoms with E-state index >= 15 is 0 Å². The van der Waals surface area contributed by atoms with E-state index in [-0.39, 0.29) is 5.58 Å². The summed E-state index contributed by atoms with van der Waals surface area (Å²) < 4.78 is 43.0. The first kappa shape index (κ1) is 11.1. The lowest BCUT2D eigenvalue weighted by molar-refractivity contribution is -0.137. The summed E-state index contributed by atoms with van der Waals surface area (Å²) in [5, 5.41) is 0.735. The maximum Gasteiger partial charge on any atom is 0.418 e. The largest absolute Gasteiger partial charge is 0.454 e. The lowest BCUT2D eigenvalue weighted by Crippen LogP contribution is -2.04. The van der Waals surface area contributed by atoms with Crippen LogP contribution in [0.3, 0.4) is 0 Å². The van der Waals surface area contributed by atoms with Crippen LogP contribution in [0.5, 0.6) is 0 Å². The van der Waals surface area contributed by atoms with Crippen molar-refractivity contribution in [2.45, 2.75) is 13.1 Å². The Morgan fingerprint density at radius 1 is 1.11 bits per heavy atom. The van der Waals surface area contributed by atoms with Gasteiger partial charge in [0.15, 0.2) is 5.58 Å². The smallest absolute Gasteiger partial charge is 0.418 e. The van der Waals surface area contributed by atoms with Gasteiger partial charge < -0.3 is 4.42 Å². The van der Waals surface area contributed by atoms with Gasteiger partial charge in [-0.3, -0.25) is 4.98 Å². The number of halogens is 3. The molecule has 0 spiro atoms. The Bertz CT molecular complexity index is 743. The Morgan fingerprint density at radius 3 is 2.61 bits per heavy atom. The molecule has 0 saturated heterocycles. The molecule has 1 aromatic carbocycles. The van der Waals surface area contributed by atoms with Crippen LogP contribution in [0.1, 0.15) is 11.1 Å². The third kappa shape index (κ3) is 1.63. The van der Waals surface area contributed by atoms with Crippen LogP contribution >= 0.6 is 0 Å². The van der Waals surface area contributed by atoms with E-state index < -0.39 is 11.7 Å². The summed E-state index contributed by atoms with van der Waals surface area (Å²) in [7, 11) is 0. The van der Waals surface area contributed by atoms with E-state index in [1.807, 2.05) is 19.1 Å². The van der Waals surface area contributed by atoms with Crippen LogP contribution in [0.2, 0.25) is 0 Å². The molecule has 0 amide bonds. The Labute approximate surface area is 100 Å². The standard InChI is InChI=1S/C13H8F3NO/c1-7-2-3-10-9(4-7)12-11(18-10)5-8(6-17-12)13(14,15)16/h2-6H,1H3. The van der Waals surface area contributed by atoms with E-state index in [0.717, 1.165) is 23.2 Å². The van der Waals surface area contributed by atoms with E-state index in [2.05, 4.69) is 4.98 Å². The molecule has 18 heavy (non-hydrogen) atoms. The summed E-state index contributed by atoms with van der Waals surface area (Å²) in [4.78, 5) is 3.86. The van der Waals surface area contributed by atoms with Gasteiger partial charge in [-0.2, -0.15) is 13.2 Å². The predicted molar refractivity (Wildman–Crippen MR) is 61.3 cm³/mol. The van der Waals surface area contributed by atoms with Gasteiger partial charge in [-0.25, -0.2) is 0 Å². The fraction of sp³-hybridized carbons (Fsp3) is 0.154. The minimum Gasteiger partial charge on any atom is -0.454 e. The monoisotopic (exact) mass is 251 g/mol. The Morgan fingerprint density at radius 2 is 1.89 bits per heavy atom. The fourth-order valence-electron chi connectivity index (χ4n) is 1.92. The molecule has 0 saturated carbocycles. The quantitative estimate of drug-likeness (QED) is 0.595. The molecule has 0 radical (unpaired) electrons. The first-order valence-corrected chi connectivity index (χ1v) is 5.31. The van der Waals surface area contributed by atoms with Gasteiger partial charge in [-0.1, -0.05) is 11.6 Å². The van der Waals surface area contributed by atoms with Gasteiger partial charge in [-0.05, 0) is 25.1 Å². The summed E-state index contributed by atoms with van der Waals surface area (Å²) in [6.45, 7) is 1.91. The van der Waals surface area contributed by atoms with E-state index in [1.165, 1.54) is 0 Å². The van der Waals surface area contributed by atoms with Gasteiger partial charge >= 0.3 is 6.18 Å². The SMILES string of the molecule is Cc1ccc2oc3cc(C(F)(F)F)cnc3c2c1. The number of fused-ring (bicyclic) bond motifs is 3. The number of benzene rings is 1. The number of aromatic nitrogens is 1. The first-order chi connectivity index (χ1) is 8.45. The number of aryl methyl sites for hydroxylation is 1. The van der Waals surface area contributed by atoms with E-state index in [9.17, 15) is 13.2 Å². The lowest BCUT2D eigenvalue weighted by atomic mass is 10.1. The molecule has 0 bridgehead atoms. The first-order valence-electron chi connectivity index (χ1n) is 5.31. The number of pyridine rings is 1. The zero-order valence-corrected chi connectivity index (χ0v) is 9.38. The number of furan rings is 1. The molecule has 2 heterocycles. The fourth-order valence-corrected chi connectivity index (χ4v) is 1.92. The molecule has 0 N–H and O–H groups in total. The molecule has 0 fully saturated rings. The molecule has 2 aromatic heterocycles. The summed E-state index contributed by atoms with van der Waals surface area (Å²) >= 11 is 0. The van der Waals surface area contributed by atoms with Gasteiger partial charge in [0.1, 0.15) is 11.1 Å². The molecule has 0 unspecified atom stereocenters. The summed E-state index contributed by atoms with van der Waals surface area (Å²) in [6, 6.07) is 6.41. The zero-order valence-electron chi connectivity index (χ0n) is 9.38. The van der Waals surface area contributed by atoms with Crippen LogP contribution in [0.15, 0.2) is 34.9 Å². The van der Waals surface area contributed by atoms with Gasteiger partial charge in [0.2, 0.25) is 0 Å². The second-order valence-electron chi connectivity index (χ2n) is 4.17. The van der Waals surface area contributed by atoms with Crippen LogP contribution in [-0.4, -0.2) is 4.98 Å². The highest BCUT2D eigenvalue weighted by molar-refractivity contribution is 6.02. The molecule has 0 aliphatic rings. The molecule has 5 heteroatoms. The highest BCUT2D eigenvalue weighted by atomic mass is 19.4. The maximum absolute atomic E-state index is 12.6. The molecule has 0 atom stereocenters. The van der Waals surface area contributed by atoms with Gasteiger partial charge in [0, 0.05) is 11.6 Å². The third-order valence-electron chi connectivity index (χ3n) is 2.79. The molecule has 3 aromatic rings. The molecule has 0 aliphatic carbocycles. The summed E-state index contributed by atoms with van der Waals surface area (Å²) in [5.41, 5.74) is 1.37. The van der Waals surface area contributed by atoms with Crippen molar-refractivity contribution in [3.05, 3.63) is 41.6 Å². The average Bonchev–Trinajstić information content (AvgIpc) is 2.65. The van der Waals surface area contributed by atoms with Crippen molar-refractivity contribution in [2.24, 2.45) is 0 Å². The van der Waals surface area contributed by atoms with Crippen molar-refractivity contribution >= 4 is 22.1 Å². The van der Waals surface area contributed by atoms with Crippen molar-refractivity contribution in [1.29, 1.82) is 0 Å². The topological polar surface area (TPSA) is 26.0 Å². The van der Waals surface area contributed by atoms with Crippen LogP contribution in [0.4, 0.5) is 13.2 Å². The van der Waals surface area contributed by atoms with E-state index in [0.29, 0.717) is 11.1 Å². The van der Waals surface area contributed by atoms with Crippen molar-refractivity contribution < 1.29 is 17.6 Å². The van der Waals surface area contributed by atoms with Crippen molar-refractivity contribution in [3.8, 4) is 0 Å². The Hall–Kier alpha value is -2.04. The van der Waals surface area contributed by atoms with Gasteiger partial charge in [0.05, 0.1) is 5.56 Å². The number of hydrogen-bond donors (Lipinski definition) is 0. The number of alkyl halides is 3. The van der Waals surface area contributed by atoms with Crippen molar-refractivity contribution in [1.82, 2.24) is 4.98 Å². The van der Waals surface area contributed by atoms with Crippen LogP contribution < -0.4 is 0 Å². The normalized spacial score (nSPS) is 12.4. The van der Waals surface area contributed by atoms with Gasteiger partial charge in [-0.15, -0.1) is 0 Å². The molecular weight excluding hydrogens is 243 g/mol.